The van der Waals surface area contributed by atoms with Crippen molar-refractivity contribution in [2.24, 2.45) is 0 Å². The molecule has 0 atom stereocenters. The lowest BCUT2D eigenvalue weighted by atomic mass is 10.1. The third kappa shape index (κ3) is 3.83. The average molecular weight is 353 g/mol. The van der Waals surface area contributed by atoms with Crippen LogP contribution in [-0.2, 0) is 5.75 Å². The number of nitrogens with two attached hydrogens (primary N) is 1. The Labute approximate surface area is 150 Å². The summed E-state index contributed by atoms with van der Waals surface area (Å²) in [5, 5.41) is 8.98. The van der Waals surface area contributed by atoms with Crippen LogP contribution in [0.4, 0.5) is 0 Å². The van der Waals surface area contributed by atoms with Crippen molar-refractivity contribution in [3.8, 4) is 11.4 Å². The van der Waals surface area contributed by atoms with Crippen molar-refractivity contribution in [2.45, 2.75) is 10.9 Å². The van der Waals surface area contributed by atoms with Crippen LogP contribution in [0, 0.1) is 0 Å². The molecule has 0 radical (unpaired) electrons. The van der Waals surface area contributed by atoms with Crippen molar-refractivity contribution in [3.05, 3.63) is 65.7 Å². The molecule has 6 nitrogen and oxygen atoms in total. The lowest BCUT2D eigenvalue weighted by molar-refractivity contribution is 0.0827. The zero-order valence-electron chi connectivity index (χ0n) is 14.1. The summed E-state index contributed by atoms with van der Waals surface area (Å²) in [6, 6.07) is 17.3. The second-order valence-electron chi connectivity index (χ2n) is 5.73. The van der Waals surface area contributed by atoms with Crippen LogP contribution in [-0.4, -0.2) is 39.8 Å². The Hall–Kier alpha value is -2.80. The molecule has 0 saturated carbocycles. The van der Waals surface area contributed by atoms with Gasteiger partial charge in [-0.15, -0.1) is 10.2 Å². The molecule has 1 amide bonds. The van der Waals surface area contributed by atoms with E-state index >= 15 is 0 Å². The zero-order chi connectivity index (χ0) is 17.8. The van der Waals surface area contributed by atoms with E-state index in [4.69, 9.17) is 5.84 Å². The normalized spacial score (nSPS) is 10.6. The van der Waals surface area contributed by atoms with Gasteiger partial charge in [-0.2, -0.15) is 0 Å². The largest absolute Gasteiger partial charge is 0.345 e. The molecule has 0 aliphatic carbocycles. The molecular weight excluding hydrogens is 334 g/mol. The molecule has 2 aromatic carbocycles. The topological polar surface area (TPSA) is 77.0 Å². The molecule has 25 heavy (non-hydrogen) atoms. The molecule has 0 aliphatic heterocycles. The molecule has 1 aromatic heterocycles. The van der Waals surface area contributed by atoms with E-state index < -0.39 is 0 Å². The van der Waals surface area contributed by atoms with E-state index in [-0.39, 0.29) is 5.91 Å². The number of benzene rings is 2. The van der Waals surface area contributed by atoms with Gasteiger partial charge in [0.25, 0.3) is 5.91 Å². The Morgan fingerprint density at radius 3 is 2.40 bits per heavy atom. The van der Waals surface area contributed by atoms with Crippen molar-refractivity contribution >= 4 is 17.7 Å². The van der Waals surface area contributed by atoms with Gasteiger partial charge in [0.05, 0.1) is 0 Å². The first kappa shape index (κ1) is 17.0. The van der Waals surface area contributed by atoms with Crippen molar-refractivity contribution in [3.63, 3.8) is 0 Å². The number of nitrogens with zero attached hydrogens (tertiary/aromatic N) is 4. The van der Waals surface area contributed by atoms with Crippen LogP contribution in [0.15, 0.2) is 59.8 Å². The number of carbonyl (C=O) groups is 1. The summed E-state index contributed by atoms with van der Waals surface area (Å²) in [5.74, 6) is 7.44. The van der Waals surface area contributed by atoms with E-state index in [9.17, 15) is 4.79 Å². The second-order valence-corrected chi connectivity index (χ2v) is 6.67. The van der Waals surface area contributed by atoms with Crippen LogP contribution in [0.5, 0.6) is 0 Å². The molecule has 3 aromatic rings. The molecule has 3 rings (SSSR count). The van der Waals surface area contributed by atoms with Gasteiger partial charge in [0.2, 0.25) is 5.16 Å². The summed E-state index contributed by atoms with van der Waals surface area (Å²) in [5.41, 5.74) is 2.69. The third-order valence-electron chi connectivity index (χ3n) is 3.67. The molecule has 0 unspecified atom stereocenters. The fraction of sp³-hybridized carbons (Fsp3) is 0.167. The van der Waals surface area contributed by atoms with E-state index in [1.165, 1.54) is 16.4 Å². The van der Waals surface area contributed by atoms with Crippen LogP contribution in [0.1, 0.15) is 15.9 Å². The summed E-state index contributed by atoms with van der Waals surface area (Å²) in [6.45, 7) is 0. The molecule has 0 fully saturated rings. The molecule has 0 saturated heterocycles. The van der Waals surface area contributed by atoms with Gasteiger partial charge in [0, 0.05) is 31.0 Å². The minimum absolute atomic E-state index is 0.00610. The SMILES string of the molecule is CN(C)C(=O)c1ccc(CSc2nnc(-c3ccccc3)n2N)cc1. The highest BCUT2D eigenvalue weighted by atomic mass is 32.2. The van der Waals surface area contributed by atoms with Crippen molar-refractivity contribution < 1.29 is 4.79 Å². The van der Waals surface area contributed by atoms with E-state index in [1.54, 1.807) is 19.0 Å². The molecule has 0 aliphatic rings. The molecule has 0 bridgehead atoms. The molecular formula is C18H19N5OS. The third-order valence-corrected chi connectivity index (χ3v) is 4.69. The first-order valence-electron chi connectivity index (χ1n) is 7.75. The summed E-state index contributed by atoms with van der Waals surface area (Å²) >= 11 is 1.51. The summed E-state index contributed by atoms with van der Waals surface area (Å²) in [7, 11) is 3.48. The van der Waals surface area contributed by atoms with Gasteiger partial charge in [0.1, 0.15) is 0 Å². The Balaban J connectivity index is 1.68. The van der Waals surface area contributed by atoms with Crippen molar-refractivity contribution in [1.82, 2.24) is 19.8 Å². The van der Waals surface area contributed by atoms with Crippen LogP contribution in [0.25, 0.3) is 11.4 Å². The predicted molar refractivity (Wildman–Crippen MR) is 99.6 cm³/mol. The Morgan fingerprint density at radius 1 is 1.08 bits per heavy atom. The summed E-state index contributed by atoms with van der Waals surface area (Å²) in [6.07, 6.45) is 0. The van der Waals surface area contributed by atoms with E-state index in [2.05, 4.69) is 10.2 Å². The fourth-order valence-electron chi connectivity index (χ4n) is 2.31. The maximum Gasteiger partial charge on any atom is 0.253 e. The van der Waals surface area contributed by atoms with Crippen molar-refractivity contribution in [1.29, 1.82) is 0 Å². The van der Waals surface area contributed by atoms with Crippen molar-refractivity contribution in [2.75, 3.05) is 19.9 Å². The van der Waals surface area contributed by atoms with E-state index in [1.807, 2.05) is 54.6 Å². The number of amides is 1. The maximum absolute atomic E-state index is 11.9. The van der Waals surface area contributed by atoms with Gasteiger partial charge in [-0.25, -0.2) is 4.68 Å². The van der Waals surface area contributed by atoms with E-state index in [0.717, 1.165) is 11.1 Å². The number of rotatable bonds is 5. The Kier molecular flexibility index (Phi) is 5.04. The zero-order valence-corrected chi connectivity index (χ0v) is 14.9. The number of hydrogen-bond acceptors (Lipinski definition) is 5. The van der Waals surface area contributed by atoms with Gasteiger partial charge in [0.15, 0.2) is 5.82 Å². The minimum Gasteiger partial charge on any atom is -0.345 e. The van der Waals surface area contributed by atoms with Gasteiger partial charge in [-0.1, -0.05) is 54.2 Å². The molecule has 128 valence electrons. The number of hydrogen-bond donors (Lipinski definition) is 1. The average Bonchev–Trinajstić information content (AvgIpc) is 3.01. The quantitative estimate of drug-likeness (QED) is 0.564. The number of thioether (sulfide) groups is 1. The van der Waals surface area contributed by atoms with Crippen LogP contribution < -0.4 is 5.84 Å². The fourth-order valence-corrected chi connectivity index (χ4v) is 3.12. The highest BCUT2D eigenvalue weighted by molar-refractivity contribution is 7.98. The molecule has 2 N–H and O–H groups in total. The lowest BCUT2D eigenvalue weighted by Gasteiger charge is -2.10. The first-order chi connectivity index (χ1) is 12.1. The predicted octanol–water partition coefficient (Wildman–Crippen LogP) is 2.65. The van der Waals surface area contributed by atoms with Gasteiger partial charge < -0.3 is 10.7 Å². The number of aromatic nitrogens is 3. The van der Waals surface area contributed by atoms with Crippen LogP contribution in [0.3, 0.4) is 0 Å². The monoisotopic (exact) mass is 353 g/mol. The van der Waals surface area contributed by atoms with E-state index in [0.29, 0.717) is 22.3 Å². The van der Waals surface area contributed by atoms with Gasteiger partial charge in [-0.05, 0) is 17.7 Å². The molecule has 7 heteroatoms. The van der Waals surface area contributed by atoms with Gasteiger partial charge in [-0.3, -0.25) is 4.79 Å². The standard InChI is InChI=1S/C18H19N5OS/c1-22(2)17(24)15-10-8-13(9-11-15)12-25-18-21-20-16(23(18)19)14-6-4-3-5-7-14/h3-11H,12,19H2,1-2H3. The highest BCUT2D eigenvalue weighted by Crippen LogP contribution is 2.24. The summed E-state index contributed by atoms with van der Waals surface area (Å²) < 4.78 is 1.50. The highest BCUT2D eigenvalue weighted by Gasteiger charge is 2.12. The second kappa shape index (κ2) is 7.40. The van der Waals surface area contributed by atoms with Crippen LogP contribution >= 0.6 is 11.8 Å². The molecule has 1 heterocycles. The molecule has 0 spiro atoms. The summed E-state index contributed by atoms with van der Waals surface area (Å²) in [4.78, 5) is 13.5. The number of nitrogen functional groups attached to an aromatic ring is 1. The lowest BCUT2D eigenvalue weighted by Crippen LogP contribution is -2.21. The smallest absolute Gasteiger partial charge is 0.253 e. The Bertz CT molecular complexity index is 859. The minimum atomic E-state index is -0.00610. The van der Waals surface area contributed by atoms with Gasteiger partial charge >= 0.3 is 0 Å². The maximum atomic E-state index is 11.9. The first-order valence-corrected chi connectivity index (χ1v) is 8.74. The Morgan fingerprint density at radius 2 is 1.76 bits per heavy atom. The van der Waals surface area contributed by atoms with Crippen LogP contribution in [0.2, 0.25) is 0 Å². The number of carbonyl (C=O) groups excluding carboxylic acids is 1.